The minimum atomic E-state index is -1.01. The Hall–Kier alpha value is -4.19. The van der Waals surface area contributed by atoms with Crippen LogP contribution >= 0.6 is 34.7 Å². The topological polar surface area (TPSA) is 115 Å². The molecule has 0 spiro atoms. The van der Waals surface area contributed by atoms with Crippen LogP contribution in [-0.2, 0) is 15.3 Å². The number of thioether (sulfide) groups is 1. The summed E-state index contributed by atoms with van der Waals surface area (Å²) in [6.07, 6.45) is 4.60. The van der Waals surface area contributed by atoms with Gasteiger partial charge >= 0.3 is 5.91 Å². The van der Waals surface area contributed by atoms with E-state index >= 15 is 0 Å². The van der Waals surface area contributed by atoms with E-state index < -0.39 is 17.7 Å². The molecule has 1 atom stereocenters. The minimum Gasteiger partial charge on any atom is -0.507 e. The number of nitrogens with zero attached hydrogens (tertiary/aromatic N) is 4. The summed E-state index contributed by atoms with van der Waals surface area (Å²) < 4.78 is 12.1. The van der Waals surface area contributed by atoms with Crippen molar-refractivity contribution in [3.63, 3.8) is 0 Å². The molecule has 9 nitrogen and oxygen atoms in total. The van der Waals surface area contributed by atoms with Gasteiger partial charge in [0.05, 0.1) is 18.2 Å². The monoisotopic (exact) mass is 620 g/mol. The Balaban J connectivity index is 1.58. The number of benzene rings is 2. The summed E-state index contributed by atoms with van der Waals surface area (Å²) in [7, 11) is 0. The van der Waals surface area contributed by atoms with Gasteiger partial charge in [-0.1, -0.05) is 71.6 Å². The number of hydrogen-bond donors (Lipinski definition) is 1. The maximum Gasteiger partial charge on any atom is 0.301 e. The van der Waals surface area contributed by atoms with E-state index in [4.69, 9.17) is 21.1 Å². The molecule has 0 aliphatic carbocycles. The van der Waals surface area contributed by atoms with Crippen molar-refractivity contribution in [2.45, 2.75) is 23.1 Å². The highest BCUT2D eigenvalue weighted by Gasteiger charge is 2.48. The molecule has 214 valence electrons. The van der Waals surface area contributed by atoms with Crippen LogP contribution in [0.1, 0.15) is 29.7 Å². The molecule has 1 amide bonds. The lowest BCUT2D eigenvalue weighted by Crippen LogP contribution is -2.29. The number of halogens is 1. The van der Waals surface area contributed by atoms with Gasteiger partial charge in [0.1, 0.15) is 12.4 Å². The van der Waals surface area contributed by atoms with Crippen LogP contribution in [0.25, 0.3) is 5.76 Å². The first-order valence-corrected chi connectivity index (χ1v) is 15.0. The third-order valence-corrected chi connectivity index (χ3v) is 8.72. The lowest BCUT2D eigenvalue weighted by molar-refractivity contribution is -0.132. The van der Waals surface area contributed by atoms with Crippen LogP contribution in [0, 0.1) is 0 Å². The van der Waals surface area contributed by atoms with E-state index in [1.165, 1.54) is 40.4 Å². The van der Waals surface area contributed by atoms with E-state index in [-0.39, 0.29) is 23.1 Å². The highest BCUT2D eigenvalue weighted by Crippen LogP contribution is 2.45. The molecule has 0 saturated carbocycles. The van der Waals surface area contributed by atoms with E-state index in [0.717, 1.165) is 5.56 Å². The Bertz CT molecular complexity index is 1660. The van der Waals surface area contributed by atoms with Crippen molar-refractivity contribution in [1.29, 1.82) is 0 Å². The highest BCUT2D eigenvalue weighted by atomic mass is 35.5. The Kier molecular flexibility index (Phi) is 9.21. The second-order valence-electron chi connectivity index (χ2n) is 8.87. The number of pyridine rings is 1. The zero-order chi connectivity index (χ0) is 29.6. The first-order valence-electron chi connectivity index (χ1n) is 12.8. The van der Waals surface area contributed by atoms with Crippen LogP contribution in [0.4, 0.5) is 5.13 Å². The van der Waals surface area contributed by atoms with E-state index in [9.17, 15) is 14.7 Å². The van der Waals surface area contributed by atoms with Gasteiger partial charge in [0.2, 0.25) is 5.13 Å². The van der Waals surface area contributed by atoms with Crippen molar-refractivity contribution in [2.75, 3.05) is 18.1 Å². The SMILES string of the molecule is C=CCOc1ccc(C2/C(=C(\O)c3ccncc3)C(=O)C(=O)N2c2nnc(SCc3ccccc3Cl)s2)cc1OCC. The predicted molar refractivity (Wildman–Crippen MR) is 163 cm³/mol. The van der Waals surface area contributed by atoms with Crippen LogP contribution < -0.4 is 14.4 Å². The zero-order valence-electron chi connectivity index (χ0n) is 22.4. The summed E-state index contributed by atoms with van der Waals surface area (Å²) in [4.78, 5) is 32.3. The molecular formula is C30H25ClN4O5S2. The molecule has 1 aliphatic rings. The smallest absolute Gasteiger partial charge is 0.301 e. The number of ether oxygens (including phenoxy) is 2. The standard InChI is InChI=1S/C30H25ClN4O5S2/c1-3-15-40-22-10-9-19(16-23(22)39-4-2)25-24(26(36)18-11-13-32-14-12-18)27(37)28(38)35(25)29-33-34-30(42-29)41-17-20-7-5-6-8-21(20)31/h3,5-14,16,25,36H,1,4,15,17H2,2H3/b26-24+. The lowest BCUT2D eigenvalue weighted by atomic mass is 9.95. The van der Waals surface area contributed by atoms with Crippen molar-refractivity contribution in [2.24, 2.45) is 0 Å². The summed E-state index contributed by atoms with van der Waals surface area (Å²) in [5, 5.41) is 20.7. The van der Waals surface area contributed by atoms with Crippen LogP contribution in [0.5, 0.6) is 11.5 Å². The summed E-state index contributed by atoms with van der Waals surface area (Å²) in [5.74, 6) is -0.576. The van der Waals surface area contributed by atoms with Gasteiger partial charge in [0, 0.05) is 28.7 Å². The molecule has 0 bridgehead atoms. The molecule has 42 heavy (non-hydrogen) atoms. The first kappa shape index (κ1) is 29.3. The Labute approximate surface area is 255 Å². The second kappa shape index (κ2) is 13.2. The summed E-state index contributed by atoms with van der Waals surface area (Å²) in [6.45, 7) is 6.13. The largest absolute Gasteiger partial charge is 0.507 e. The molecule has 1 unspecified atom stereocenters. The van der Waals surface area contributed by atoms with Crippen molar-refractivity contribution < 1.29 is 24.2 Å². The number of carbonyl (C=O) groups excluding carboxylic acids is 2. The Morgan fingerprint density at radius 1 is 1.12 bits per heavy atom. The molecule has 5 rings (SSSR count). The van der Waals surface area contributed by atoms with Crippen molar-refractivity contribution in [3.8, 4) is 11.5 Å². The maximum absolute atomic E-state index is 13.6. The quantitative estimate of drug-likeness (QED) is 0.0503. The average Bonchev–Trinajstić information content (AvgIpc) is 3.58. The fourth-order valence-electron chi connectivity index (χ4n) is 4.35. The van der Waals surface area contributed by atoms with Gasteiger partial charge in [0.15, 0.2) is 15.8 Å². The van der Waals surface area contributed by atoms with Crippen molar-refractivity contribution >= 4 is 57.3 Å². The Morgan fingerprint density at radius 3 is 2.64 bits per heavy atom. The number of aliphatic hydroxyl groups excluding tert-OH is 1. The summed E-state index contributed by atoms with van der Waals surface area (Å²) in [6, 6.07) is 14.7. The van der Waals surface area contributed by atoms with Crippen LogP contribution in [0.15, 0.2) is 89.6 Å². The second-order valence-corrected chi connectivity index (χ2v) is 11.5. The van der Waals surface area contributed by atoms with Gasteiger partial charge < -0.3 is 14.6 Å². The number of Topliss-reactive ketones (excluding diaryl/α,β-unsaturated/α-hetero) is 1. The van der Waals surface area contributed by atoms with Crippen LogP contribution in [-0.4, -0.2) is 45.2 Å². The number of amides is 1. The molecule has 2 aromatic heterocycles. The van der Waals surface area contributed by atoms with Crippen molar-refractivity contribution in [3.05, 3.63) is 107 Å². The number of rotatable bonds is 11. The average molecular weight is 621 g/mol. The molecule has 2 aromatic carbocycles. The number of carbonyl (C=O) groups is 2. The van der Waals surface area contributed by atoms with Crippen molar-refractivity contribution in [1.82, 2.24) is 15.2 Å². The van der Waals surface area contributed by atoms with Gasteiger partial charge in [-0.2, -0.15) is 0 Å². The molecule has 1 N–H and O–H groups in total. The van der Waals surface area contributed by atoms with Gasteiger partial charge in [-0.25, -0.2) is 0 Å². The van der Waals surface area contributed by atoms with Gasteiger partial charge in [-0.05, 0) is 48.4 Å². The molecule has 3 heterocycles. The third-order valence-electron chi connectivity index (χ3n) is 6.25. The molecule has 1 aliphatic heterocycles. The number of aliphatic hydroxyl groups is 1. The fraction of sp³-hybridized carbons (Fsp3) is 0.167. The molecule has 12 heteroatoms. The number of hydrogen-bond acceptors (Lipinski definition) is 10. The van der Waals surface area contributed by atoms with E-state index in [0.29, 0.717) is 44.3 Å². The van der Waals surface area contributed by atoms with Crippen LogP contribution in [0.3, 0.4) is 0 Å². The fourth-order valence-corrected chi connectivity index (χ4v) is 6.51. The predicted octanol–water partition coefficient (Wildman–Crippen LogP) is 6.47. The number of aromatic nitrogens is 3. The first-order chi connectivity index (χ1) is 20.4. The van der Waals surface area contributed by atoms with Gasteiger partial charge in [-0.15, -0.1) is 10.2 Å². The number of anilines is 1. The van der Waals surface area contributed by atoms with E-state index in [1.54, 1.807) is 36.4 Å². The lowest BCUT2D eigenvalue weighted by Gasteiger charge is -2.23. The Morgan fingerprint density at radius 2 is 1.90 bits per heavy atom. The highest BCUT2D eigenvalue weighted by molar-refractivity contribution is 8.00. The van der Waals surface area contributed by atoms with Crippen LogP contribution in [0.2, 0.25) is 5.02 Å². The zero-order valence-corrected chi connectivity index (χ0v) is 24.8. The van der Waals surface area contributed by atoms with Gasteiger partial charge in [-0.3, -0.25) is 19.5 Å². The number of ketones is 1. The molecule has 1 fully saturated rings. The molecule has 1 saturated heterocycles. The summed E-state index contributed by atoms with van der Waals surface area (Å²) >= 11 is 8.88. The normalized spacial score (nSPS) is 16.0. The summed E-state index contributed by atoms with van der Waals surface area (Å²) in [5.41, 5.74) is 1.70. The molecule has 4 aromatic rings. The minimum absolute atomic E-state index is 0.0890. The van der Waals surface area contributed by atoms with E-state index in [2.05, 4.69) is 21.8 Å². The van der Waals surface area contributed by atoms with E-state index in [1.807, 2.05) is 31.2 Å². The molecular weight excluding hydrogens is 596 g/mol. The third kappa shape index (κ3) is 6.03. The maximum atomic E-state index is 13.6. The van der Waals surface area contributed by atoms with Gasteiger partial charge in [0.25, 0.3) is 5.78 Å². The molecule has 0 radical (unpaired) electrons.